The van der Waals surface area contributed by atoms with Gasteiger partial charge in [0.15, 0.2) is 5.82 Å². The molecule has 1 saturated heterocycles. The van der Waals surface area contributed by atoms with Crippen LogP contribution in [0.4, 0.5) is 33.6 Å². The van der Waals surface area contributed by atoms with Crippen LogP contribution < -0.4 is 16.0 Å². The van der Waals surface area contributed by atoms with Crippen molar-refractivity contribution in [3.05, 3.63) is 64.8 Å². The second-order valence-corrected chi connectivity index (χ2v) is 11.4. The highest BCUT2D eigenvalue weighted by atomic mass is 35.5. The number of nitrogens with zero attached hydrogens (tertiary/aromatic N) is 3. The molecule has 3 N–H and O–H groups in total. The molecule has 204 valence electrons. The van der Waals surface area contributed by atoms with E-state index in [0.29, 0.717) is 42.7 Å². The van der Waals surface area contributed by atoms with Gasteiger partial charge in [-0.15, -0.1) is 0 Å². The number of piperidine rings is 1. The maximum Gasteiger partial charge on any atom is 0.410 e. The van der Waals surface area contributed by atoms with E-state index in [4.69, 9.17) is 16.3 Å². The molecule has 2 aliphatic heterocycles. The number of hydrogen-bond donors (Lipinski definition) is 3. The lowest BCUT2D eigenvalue weighted by Gasteiger charge is -2.33. The van der Waals surface area contributed by atoms with E-state index in [1.165, 1.54) is 0 Å². The summed E-state index contributed by atoms with van der Waals surface area (Å²) in [7, 11) is 0. The highest BCUT2D eigenvalue weighted by molar-refractivity contribution is 6.32. The third-order valence-corrected chi connectivity index (χ3v) is 7.03. The highest BCUT2D eigenvalue weighted by Gasteiger charge is 2.30. The Labute approximate surface area is 233 Å². The summed E-state index contributed by atoms with van der Waals surface area (Å²) in [5.74, 6) is 0.724. The standard InChI is InChI=1S/C29H33ClN6O3/c1-29(2,3)39-28(38)36-13-11-19(12-14-36)26(37)34-24-10-9-22-16-20(24)8-7-18-5-4-6-21(15-18)33-27-31-17-23(30)25(32-22)35-27/h4-6,9-10,15-17,19H,7-8,11-14H2,1-3H3,(H,34,37)(H2,31,32,33,35). The second kappa shape index (κ2) is 11.1. The molecule has 1 fully saturated rings. The van der Waals surface area contributed by atoms with Crippen molar-refractivity contribution in [2.45, 2.75) is 52.1 Å². The average Bonchev–Trinajstić information content (AvgIpc) is 2.90. The summed E-state index contributed by atoms with van der Waals surface area (Å²) in [6, 6.07) is 13.9. The number of nitrogens with one attached hydrogen (secondary N) is 3. The maximum atomic E-state index is 13.3. The van der Waals surface area contributed by atoms with Gasteiger partial charge in [-0.1, -0.05) is 23.7 Å². The fourth-order valence-corrected chi connectivity index (χ4v) is 4.89. The molecule has 10 heteroatoms. The predicted molar refractivity (Wildman–Crippen MR) is 153 cm³/mol. The zero-order chi connectivity index (χ0) is 27.6. The number of carbonyl (C=O) groups excluding carboxylic acids is 2. The van der Waals surface area contributed by atoms with Gasteiger partial charge in [-0.05, 0) is 87.9 Å². The van der Waals surface area contributed by atoms with E-state index < -0.39 is 5.60 Å². The van der Waals surface area contributed by atoms with Crippen molar-refractivity contribution >= 4 is 52.4 Å². The van der Waals surface area contributed by atoms with Gasteiger partial charge in [-0.2, -0.15) is 4.98 Å². The van der Waals surface area contributed by atoms with E-state index in [0.717, 1.165) is 41.0 Å². The van der Waals surface area contributed by atoms with Gasteiger partial charge in [0.2, 0.25) is 11.9 Å². The zero-order valence-electron chi connectivity index (χ0n) is 22.4. The van der Waals surface area contributed by atoms with Crippen LogP contribution in [0.5, 0.6) is 0 Å². The SMILES string of the molecule is CC(C)(C)OC(=O)N1CCC(C(=O)Nc2ccc3cc2CCc2cccc(c2)Nc2ncc(Cl)c(n2)N3)CC1. The molecule has 0 atom stereocenters. The van der Waals surface area contributed by atoms with Gasteiger partial charge in [0.05, 0.1) is 6.20 Å². The molecule has 0 radical (unpaired) electrons. The molecule has 6 bridgehead atoms. The van der Waals surface area contributed by atoms with Gasteiger partial charge in [0.25, 0.3) is 0 Å². The van der Waals surface area contributed by atoms with Crippen molar-refractivity contribution in [3.8, 4) is 0 Å². The first kappa shape index (κ1) is 26.7. The van der Waals surface area contributed by atoms with Crippen LogP contribution in [0.25, 0.3) is 0 Å². The van der Waals surface area contributed by atoms with E-state index in [2.05, 4.69) is 38.1 Å². The first-order chi connectivity index (χ1) is 18.6. The van der Waals surface area contributed by atoms with Crippen molar-refractivity contribution in [1.82, 2.24) is 14.9 Å². The summed E-state index contributed by atoms with van der Waals surface area (Å²) in [6.07, 6.45) is 3.93. The van der Waals surface area contributed by atoms with Crippen molar-refractivity contribution in [3.63, 3.8) is 0 Å². The number of benzene rings is 2. The van der Waals surface area contributed by atoms with Crippen LogP contribution in [0.3, 0.4) is 0 Å². The van der Waals surface area contributed by atoms with E-state index in [1.807, 2.05) is 51.1 Å². The van der Waals surface area contributed by atoms with Gasteiger partial charge in [0.1, 0.15) is 10.6 Å². The number of carbonyl (C=O) groups is 2. The molecule has 3 heterocycles. The second-order valence-electron chi connectivity index (χ2n) is 10.9. The lowest BCUT2D eigenvalue weighted by atomic mass is 9.95. The van der Waals surface area contributed by atoms with Gasteiger partial charge >= 0.3 is 6.09 Å². The van der Waals surface area contributed by atoms with E-state index in [9.17, 15) is 9.59 Å². The number of rotatable bonds is 2. The number of halogens is 1. The molecule has 1 aromatic heterocycles. The summed E-state index contributed by atoms with van der Waals surface area (Å²) in [5.41, 5.74) is 4.09. The van der Waals surface area contributed by atoms with Crippen LogP contribution >= 0.6 is 11.6 Å². The molecule has 39 heavy (non-hydrogen) atoms. The van der Waals surface area contributed by atoms with Crippen molar-refractivity contribution < 1.29 is 14.3 Å². The topological polar surface area (TPSA) is 108 Å². The molecular weight excluding hydrogens is 516 g/mol. The van der Waals surface area contributed by atoms with Crippen LogP contribution in [0.15, 0.2) is 48.7 Å². The first-order valence-electron chi connectivity index (χ1n) is 13.2. The molecule has 0 aliphatic carbocycles. The Hall–Kier alpha value is -3.85. The number of fused-ring (bicyclic) bond motifs is 6. The van der Waals surface area contributed by atoms with Crippen LogP contribution in [0, 0.1) is 5.92 Å². The van der Waals surface area contributed by atoms with Crippen molar-refractivity contribution in [1.29, 1.82) is 0 Å². The number of aromatic nitrogens is 2. The maximum absolute atomic E-state index is 13.3. The average molecular weight is 549 g/mol. The Bertz CT molecular complexity index is 1380. The Balaban J connectivity index is 1.33. The quantitative estimate of drug-likeness (QED) is 0.345. The third-order valence-electron chi connectivity index (χ3n) is 6.75. The van der Waals surface area contributed by atoms with Gasteiger partial charge in [-0.3, -0.25) is 4.79 Å². The first-order valence-corrected chi connectivity index (χ1v) is 13.6. The minimum atomic E-state index is -0.542. The third kappa shape index (κ3) is 6.78. The van der Waals surface area contributed by atoms with Crippen LogP contribution in [-0.4, -0.2) is 45.6 Å². The molecule has 2 aliphatic rings. The molecule has 0 spiro atoms. The van der Waals surface area contributed by atoms with E-state index in [1.54, 1.807) is 11.1 Å². The Morgan fingerprint density at radius 1 is 1.05 bits per heavy atom. The molecule has 5 rings (SSSR count). The van der Waals surface area contributed by atoms with E-state index in [-0.39, 0.29) is 17.9 Å². The number of ether oxygens (including phenoxy) is 1. The van der Waals surface area contributed by atoms with Gasteiger partial charge < -0.3 is 25.6 Å². The fraction of sp³-hybridized carbons (Fsp3) is 0.379. The van der Waals surface area contributed by atoms with Crippen molar-refractivity contribution in [2.24, 2.45) is 5.92 Å². The predicted octanol–water partition coefficient (Wildman–Crippen LogP) is 6.30. The summed E-state index contributed by atoms with van der Waals surface area (Å²) in [5, 5.41) is 10.1. The number of anilines is 5. The smallest absolute Gasteiger partial charge is 0.410 e. The number of hydrogen-bond acceptors (Lipinski definition) is 7. The number of amides is 2. The lowest BCUT2D eigenvalue weighted by molar-refractivity contribution is -0.121. The normalized spacial score (nSPS) is 15.5. The van der Waals surface area contributed by atoms with Crippen LogP contribution in [0.1, 0.15) is 44.7 Å². The Morgan fingerprint density at radius 2 is 1.82 bits per heavy atom. The summed E-state index contributed by atoms with van der Waals surface area (Å²) in [4.78, 5) is 36.2. The van der Waals surface area contributed by atoms with Gasteiger partial charge in [-0.25, -0.2) is 9.78 Å². The number of likely N-dealkylation sites (tertiary alicyclic amines) is 1. The summed E-state index contributed by atoms with van der Waals surface area (Å²) < 4.78 is 5.48. The summed E-state index contributed by atoms with van der Waals surface area (Å²) >= 11 is 6.38. The molecular formula is C29H33ClN6O3. The Kier molecular flexibility index (Phi) is 7.61. The zero-order valence-corrected chi connectivity index (χ0v) is 23.1. The molecule has 2 aromatic carbocycles. The summed E-state index contributed by atoms with van der Waals surface area (Å²) in [6.45, 7) is 6.54. The lowest BCUT2D eigenvalue weighted by Crippen LogP contribution is -2.43. The minimum absolute atomic E-state index is 0.0339. The Morgan fingerprint density at radius 3 is 2.59 bits per heavy atom. The molecule has 9 nitrogen and oxygen atoms in total. The highest BCUT2D eigenvalue weighted by Crippen LogP contribution is 2.30. The fourth-order valence-electron chi connectivity index (χ4n) is 4.75. The largest absolute Gasteiger partial charge is 0.444 e. The molecule has 0 saturated carbocycles. The van der Waals surface area contributed by atoms with E-state index >= 15 is 0 Å². The van der Waals surface area contributed by atoms with Crippen LogP contribution in [0.2, 0.25) is 5.02 Å². The van der Waals surface area contributed by atoms with Crippen LogP contribution in [-0.2, 0) is 22.4 Å². The van der Waals surface area contributed by atoms with Gasteiger partial charge in [0, 0.05) is 36.1 Å². The minimum Gasteiger partial charge on any atom is -0.444 e. The van der Waals surface area contributed by atoms with Crippen molar-refractivity contribution in [2.75, 3.05) is 29.0 Å². The molecule has 3 aromatic rings. The monoisotopic (exact) mass is 548 g/mol. The molecule has 2 amide bonds. The number of aryl methyl sites for hydroxylation is 2. The molecule has 0 unspecified atom stereocenters.